The van der Waals surface area contributed by atoms with Gasteiger partial charge >= 0.3 is 0 Å². The summed E-state index contributed by atoms with van der Waals surface area (Å²) in [4.78, 5) is 9.14. The zero-order valence-corrected chi connectivity index (χ0v) is 16.5. The van der Waals surface area contributed by atoms with Crippen LogP contribution in [-0.2, 0) is 0 Å². The maximum atomic E-state index is 9.12. The van der Waals surface area contributed by atoms with Gasteiger partial charge in [0.25, 0.3) is 0 Å². The van der Waals surface area contributed by atoms with Gasteiger partial charge in [0.1, 0.15) is 10.8 Å². The van der Waals surface area contributed by atoms with Crippen molar-refractivity contribution in [1.82, 2.24) is 25.5 Å². The van der Waals surface area contributed by atoms with E-state index >= 15 is 0 Å². The Kier molecular flexibility index (Phi) is 4.46. The number of piperidine rings is 1. The summed E-state index contributed by atoms with van der Waals surface area (Å²) in [6.45, 7) is 2.02. The van der Waals surface area contributed by atoms with Gasteiger partial charge in [0.15, 0.2) is 0 Å². The van der Waals surface area contributed by atoms with Crippen LogP contribution in [0.1, 0.15) is 30.0 Å². The Bertz CT molecular complexity index is 1230. The average molecular weight is 401 g/mol. The first-order valence-electron chi connectivity index (χ1n) is 9.54. The number of nitrogens with one attached hydrogen (secondary N) is 2. The molecule has 8 heteroatoms. The Morgan fingerprint density at radius 2 is 2.03 bits per heavy atom. The number of benzene rings is 1. The van der Waals surface area contributed by atoms with E-state index in [-0.39, 0.29) is 0 Å². The molecule has 5 rings (SSSR count). The highest BCUT2D eigenvalue weighted by Gasteiger charge is 2.22. The number of H-pyrrole nitrogens is 1. The smallest absolute Gasteiger partial charge is 0.133 e. The minimum absolute atomic E-state index is 0.436. The fourth-order valence-corrected chi connectivity index (χ4v) is 4.82. The van der Waals surface area contributed by atoms with E-state index < -0.39 is 0 Å². The molecule has 0 bridgehead atoms. The molecule has 3 aromatic heterocycles. The van der Waals surface area contributed by atoms with Gasteiger partial charge in [-0.3, -0.25) is 5.10 Å². The molecule has 0 amide bonds. The molecule has 4 N–H and O–H groups in total. The van der Waals surface area contributed by atoms with Crippen LogP contribution in [0, 0.1) is 11.3 Å². The van der Waals surface area contributed by atoms with Crippen LogP contribution >= 0.6 is 11.3 Å². The summed E-state index contributed by atoms with van der Waals surface area (Å²) in [5, 5.41) is 20.9. The number of nitrogens with two attached hydrogens (primary N) is 1. The van der Waals surface area contributed by atoms with Gasteiger partial charge in [-0.25, -0.2) is 9.97 Å². The number of anilines is 1. The molecule has 0 unspecified atom stereocenters. The molecule has 0 radical (unpaired) electrons. The SMILES string of the molecule is N#Cc1ccc2sc(-c3cc(-c4c[nH]nc4C4CCNCC4)cnc3N)nc2c1. The van der Waals surface area contributed by atoms with Gasteiger partial charge in [0.05, 0.1) is 33.1 Å². The molecule has 4 aromatic rings. The second kappa shape index (κ2) is 7.28. The third-order valence-electron chi connectivity index (χ3n) is 5.37. The monoisotopic (exact) mass is 401 g/mol. The zero-order valence-electron chi connectivity index (χ0n) is 15.6. The summed E-state index contributed by atoms with van der Waals surface area (Å²) in [6, 6.07) is 9.73. The normalized spacial score (nSPS) is 14.9. The molecule has 0 spiro atoms. The predicted octanol–water partition coefficient (Wildman–Crippen LogP) is 3.67. The van der Waals surface area contributed by atoms with Gasteiger partial charge in [-0.1, -0.05) is 0 Å². The van der Waals surface area contributed by atoms with E-state index in [1.54, 1.807) is 29.7 Å². The number of thiazole rings is 1. The molecule has 1 aromatic carbocycles. The van der Waals surface area contributed by atoms with Crippen LogP contribution in [0.25, 0.3) is 31.9 Å². The first kappa shape index (κ1) is 17.8. The lowest BCUT2D eigenvalue weighted by atomic mass is 9.90. The second-order valence-corrected chi connectivity index (χ2v) is 8.21. The van der Waals surface area contributed by atoms with Crippen LogP contribution in [0.4, 0.5) is 5.82 Å². The van der Waals surface area contributed by atoms with Crippen molar-refractivity contribution in [3.05, 3.63) is 47.9 Å². The molecule has 1 fully saturated rings. The number of aromatic nitrogens is 4. The van der Waals surface area contributed by atoms with Crippen molar-refractivity contribution in [2.75, 3.05) is 18.8 Å². The molecular weight excluding hydrogens is 382 g/mol. The van der Waals surface area contributed by atoms with Gasteiger partial charge in [-0.05, 0) is 50.2 Å². The van der Waals surface area contributed by atoms with Crippen LogP contribution in [-0.4, -0.2) is 33.3 Å². The number of pyridine rings is 1. The van der Waals surface area contributed by atoms with Gasteiger partial charge < -0.3 is 11.1 Å². The van der Waals surface area contributed by atoms with Crippen molar-refractivity contribution in [1.29, 1.82) is 5.26 Å². The maximum absolute atomic E-state index is 9.12. The largest absolute Gasteiger partial charge is 0.383 e. The van der Waals surface area contributed by atoms with Crippen LogP contribution in [0.5, 0.6) is 0 Å². The Morgan fingerprint density at radius 3 is 2.86 bits per heavy atom. The molecular formula is C21H19N7S. The molecule has 4 heterocycles. The minimum atomic E-state index is 0.436. The third kappa shape index (κ3) is 3.24. The molecule has 0 aliphatic carbocycles. The van der Waals surface area contributed by atoms with E-state index in [2.05, 4.69) is 26.6 Å². The first-order chi connectivity index (χ1) is 14.2. The average Bonchev–Trinajstić information content (AvgIpc) is 3.41. The summed E-state index contributed by atoms with van der Waals surface area (Å²) in [6.07, 6.45) is 5.89. The molecule has 144 valence electrons. The molecule has 1 aliphatic rings. The van der Waals surface area contributed by atoms with E-state index in [9.17, 15) is 0 Å². The number of hydrogen-bond donors (Lipinski definition) is 3. The van der Waals surface area contributed by atoms with E-state index in [0.717, 1.165) is 63.5 Å². The summed E-state index contributed by atoms with van der Waals surface area (Å²) in [7, 11) is 0. The molecule has 7 nitrogen and oxygen atoms in total. The van der Waals surface area contributed by atoms with E-state index in [1.165, 1.54) is 0 Å². The van der Waals surface area contributed by atoms with E-state index in [4.69, 9.17) is 16.0 Å². The van der Waals surface area contributed by atoms with Crippen molar-refractivity contribution in [3.8, 4) is 27.8 Å². The van der Waals surface area contributed by atoms with Crippen molar-refractivity contribution < 1.29 is 0 Å². The van der Waals surface area contributed by atoms with Crippen LogP contribution in [0.2, 0.25) is 0 Å². The highest BCUT2D eigenvalue weighted by molar-refractivity contribution is 7.21. The van der Waals surface area contributed by atoms with Gasteiger partial charge in [0.2, 0.25) is 0 Å². The molecule has 0 atom stereocenters. The summed E-state index contributed by atoms with van der Waals surface area (Å²) in [5.41, 5.74) is 11.5. The van der Waals surface area contributed by atoms with Crippen molar-refractivity contribution in [3.63, 3.8) is 0 Å². The summed E-state index contributed by atoms with van der Waals surface area (Å²) >= 11 is 1.55. The van der Waals surface area contributed by atoms with E-state index in [1.807, 2.05) is 18.3 Å². The number of hydrogen-bond acceptors (Lipinski definition) is 7. The number of nitrogen functional groups attached to an aromatic ring is 1. The maximum Gasteiger partial charge on any atom is 0.133 e. The lowest BCUT2D eigenvalue weighted by Crippen LogP contribution is -2.27. The predicted molar refractivity (Wildman–Crippen MR) is 114 cm³/mol. The number of fused-ring (bicyclic) bond motifs is 1. The Balaban J connectivity index is 1.57. The molecule has 1 saturated heterocycles. The first-order valence-corrected chi connectivity index (χ1v) is 10.4. The van der Waals surface area contributed by atoms with Gasteiger partial charge in [-0.15, -0.1) is 11.3 Å². The van der Waals surface area contributed by atoms with Crippen molar-refractivity contribution in [2.45, 2.75) is 18.8 Å². The highest BCUT2D eigenvalue weighted by Crippen LogP contribution is 2.37. The Morgan fingerprint density at radius 1 is 1.17 bits per heavy atom. The van der Waals surface area contributed by atoms with Gasteiger partial charge in [0, 0.05) is 29.4 Å². The summed E-state index contributed by atoms with van der Waals surface area (Å²) < 4.78 is 1.02. The number of aromatic amines is 1. The van der Waals surface area contributed by atoms with E-state index in [0.29, 0.717) is 17.3 Å². The number of nitrogens with zero attached hydrogens (tertiary/aromatic N) is 4. The standard InChI is InChI=1S/C21H19N7S/c22-9-12-1-2-18-17(7-12)27-21(29-18)15-8-14(10-25-20(15)23)16-11-26-28-19(16)13-3-5-24-6-4-13/h1-2,7-8,10-11,13,24H,3-6H2,(H2,23,25)(H,26,28). The number of nitriles is 1. The second-order valence-electron chi connectivity index (χ2n) is 7.18. The van der Waals surface area contributed by atoms with Crippen LogP contribution in [0.15, 0.2) is 36.7 Å². The Labute approximate surface area is 171 Å². The van der Waals surface area contributed by atoms with Crippen molar-refractivity contribution in [2.24, 2.45) is 0 Å². The topological polar surface area (TPSA) is 116 Å². The fraction of sp³-hybridized carbons (Fsp3) is 0.238. The molecule has 29 heavy (non-hydrogen) atoms. The fourth-order valence-electron chi connectivity index (χ4n) is 3.84. The zero-order chi connectivity index (χ0) is 19.8. The summed E-state index contributed by atoms with van der Waals surface area (Å²) in [5.74, 6) is 0.880. The number of rotatable bonds is 3. The molecule has 0 saturated carbocycles. The lowest BCUT2D eigenvalue weighted by Gasteiger charge is -2.22. The van der Waals surface area contributed by atoms with Crippen molar-refractivity contribution >= 4 is 27.4 Å². The lowest BCUT2D eigenvalue weighted by molar-refractivity contribution is 0.453. The minimum Gasteiger partial charge on any atom is -0.383 e. The highest BCUT2D eigenvalue weighted by atomic mass is 32.1. The van der Waals surface area contributed by atoms with Gasteiger partial charge in [-0.2, -0.15) is 10.4 Å². The quantitative estimate of drug-likeness (QED) is 0.482. The third-order valence-corrected chi connectivity index (χ3v) is 6.44. The molecule has 1 aliphatic heterocycles. The Hall–Kier alpha value is -3.28. The van der Waals surface area contributed by atoms with Crippen LogP contribution < -0.4 is 11.1 Å². The van der Waals surface area contributed by atoms with Crippen LogP contribution in [0.3, 0.4) is 0 Å².